The Bertz CT molecular complexity index is 630. The Morgan fingerprint density at radius 2 is 1.96 bits per heavy atom. The molecule has 24 heavy (non-hydrogen) atoms. The number of aryl methyl sites for hydroxylation is 2. The fourth-order valence-electron chi connectivity index (χ4n) is 3.28. The number of aromatic nitrogens is 2. The van der Waals surface area contributed by atoms with Crippen molar-refractivity contribution in [2.24, 2.45) is 7.05 Å². The van der Waals surface area contributed by atoms with Gasteiger partial charge in [-0.05, 0) is 56.5 Å². The molecule has 1 aromatic heterocycles. The second-order valence-electron chi connectivity index (χ2n) is 6.80. The lowest BCUT2D eigenvalue weighted by atomic mass is 9.91. The van der Waals surface area contributed by atoms with Crippen molar-refractivity contribution in [3.05, 3.63) is 47.8 Å². The summed E-state index contributed by atoms with van der Waals surface area (Å²) in [6.07, 6.45) is 5.88. The summed E-state index contributed by atoms with van der Waals surface area (Å²) in [6.45, 7) is 5.09. The molecule has 2 aromatic rings. The van der Waals surface area contributed by atoms with E-state index in [2.05, 4.69) is 16.2 Å². The molecular formula is C19H27N3O2. The van der Waals surface area contributed by atoms with Crippen LogP contribution in [0.25, 0.3) is 0 Å². The minimum Gasteiger partial charge on any atom is -0.491 e. The van der Waals surface area contributed by atoms with Crippen molar-refractivity contribution >= 4 is 0 Å². The van der Waals surface area contributed by atoms with Crippen LogP contribution in [0.2, 0.25) is 0 Å². The Morgan fingerprint density at radius 1 is 1.25 bits per heavy atom. The maximum absolute atomic E-state index is 10.2. The summed E-state index contributed by atoms with van der Waals surface area (Å²) in [5, 5.41) is 14.5. The molecular weight excluding hydrogens is 302 g/mol. The van der Waals surface area contributed by atoms with E-state index >= 15 is 0 Å². The number of hydrogen-bond donors (Lipinski definition) is 1. The highest BCUT2D eigenvalue weighted by Crippen LogP contribution is 2.27. The number of nitrogens with zero attached hydrogens (tertiary/aromatic N) is 3. The fourth-order valence-corrected chi connectivity index (χ4v) is 3.28. The molecule has 0 bridgehead atoms. The topological polar surface area (TPSA) is 50.5 Å². The van der Waals surface area contributed by atoms with Crippen LogP contribution < -0.4 is 4.74 Å². The van der Waals surface area contributed by atoms with E-state index in [0.717, 1.165) is 31.7 Å². The van der Waals surface area contributed by atoms with Gasteiger partial charge in [-0.2, -0.15) is 5.10 Å². The van der Waals surface area contributed by atoms with Crippen molar-refractivity contribution in [3.8, 4) is 5.75 Å². The van der Waals surface area contributed by atoms with Gasteiger partial charge in [0.05, 0.1) is 6.20 Å². The molecule has 0 radical (unpaired) electrons. The first-order chi connectivity index (χ1) is 11.6. The lowest BCUT2D eigenvalue weighted by Gasteiger charge is -2.32. The molecule has 5 nitrogen and oxygen atoms in total. The molecule has 1 fully saturated rings. The predicted molar refractivity (Wildman–Crippen MR) is 94.3 cm³/mol. The first kappa shape index (κ1) is 17.0. The summed E-state index contributed by atoms with van der Waals surface area (Å²) < 4.78 is 7.54. The first-order valence-electron chi connectivity index (χ1n) is 8.68. The van der Waals surface area contributed by atoms with Crippen LogP contribution in [0, 0.1) is 6.92 Å². The highest BCUT2D eigenvalue weighted by Gasteiger charge is 2.23. The number of hydrogen-bond acceptors (Lipinski definition) is 4. The van der Waals surface area contributed by atoms with Crippen LogP contribution in [-0.4, -0.2) is 52.1 Å². The van der Waals surface area contributed by atoms with E-state index in [1.165, 1.54) is 11.1 Å². The van der Waals surface area contributed by atoms with Crippen molar-refractivity contribution in [1.82, 2.24) is 14.7 Å². The van der Waals surface area contributed by atoms with E-state index in [1.54, 1.807) is 0 Å². The van der Waals surface area contributed by atoms with Crippen molar-refractivity contribution in [2.45, 2.75) is 31.8 Å². The standard InChI is InChI=1S/C19H27N3O2/c1-15-3-5-19(6-4-15)24-14-18(23)13-22-9-7-16(8-10-22)17-11-20-21(2)12-17/h3-6,11-12,16,18,23H,7-10,13-14H2,1-2H3/t18-/m1/s1. The van der Waals surface area contributed by atoms with E-state index in [4.69, 9.17) is 4.74 Å². The van der Waals surface area contributed by atoms with Gasteiger partial charge in [-0.3, -0.25) is 4.68 Å². The summed E-state index contributed by atoms with van der Waals surface area (Å²) >= 11 is 0. The van der Waals surface area contributed by atoms with Gasteiger partial charge in [0.15, 0.2) is 0 Å². The van der Waals surface area contributed by atoms with Crippen molar-refractivity contribution < 1.29 is 9.84 Å². The highest BCUT2D eigenvalue weighted by molar-refractivity contribution is 5.26. The molecule has 3 rings (SSSR count). The van der Waals surface area contributed by atoms with Crippen LogP contribution in [0.3, 0.4) is 0 Å². The SMILES string of the molecule is Cc1ccc(OC[C@H](O)CN2CCC(c3cnn(C)c3)CC2)cc1. The third-order valence-electron chi connectivity index (χ3n) is 4.72. The van der Waals surface area contributed by atoms with Gasteiger partial charge in [0.2, 0.25) is 0 Å². The number of piperidine rings is 1. The first-order valence-corrected chi connectivity index (χ1v) is 8.68. The van der Waals surface area contributed by atoms with Crippen LogP contribution in [0.1, 0.15) is 29.9 Å². The average molecular weight is 329 g/mol. The average Bonchev–Trinajstić information content (AvgIpc) is 3.01. The zero-order valence-electron chi connectivity index (χ0n) is 14.6. The van der Waals surface area contributed by atoms with Crippen LogP contribution in [0.15, 0.2) is 36.7 Å². The zero-order chi connectivity index (χ0) is 16.9. The van der Waals surface area contributed by atoms with E-state index in [1.807, 2.05) is 49.1 Å². The quantitative estimate of drug-likeness (QED) is 0.884. The second kappa shape index (κ2) is 7.81. The Balaban J connectivity index is 1.39. The molecule has 0 aliphatic carbocycles. The van der Waals surface area contributed by atoms with E-state index < -0.39 is 6.10 Å². The number of ether oxygens (including phenoxy) is 1. The van der Waals surface area contributed by atoms with Gasteiger partial charge < -0.3 is 14.7 Å². The minimum absolute atomic E-state index is 0.339. The van der Waals surface area contributed by atoms with Gasteiger partial charge >= 0.3 is 0 Å². The van der Waals surface area contributed by atoms with Crippen molar-refractivity contribution in [1.29, 1.82) is 0 Å². The second-order valence-corrected chi connectivity index (χ2v) is 6.80. The number of likely N-dealkylation sites (tertiary alicyclic amines) is 1. The maximum Gasteiger partial charge on any atom is 0.119 e. The molecule has 1 aliphatic heterocycles. The number of aliphatic hydroxyl groups excluding tert-OH is 1. The van der Waals surface area contributed by atoms with Crippen LogP contribution in [0.4, 0.5) is 0 Å². The zero-order valence-corrected chi connectivity index (χ0v) is 14.6. The Hall–Kier alpha value is -1.85. The number of rotatable bonds is 6. The fraction of sp³-hybridized carbons (Fsp3) is 0.526. The molecule has 1 aromatic carbocycles. The highest BCUT2D eigenvalue weighted by atomic mass is 16.5. The Kier molecular flexibility index (Phi) is 5.53. The predicted octanol–water partition coefficient (Wildman–Crippen LogP) is 2.35. The number of aliphatic hydroxyl groups is 1. The molecule has 2 heterocycles. The van der Waals surface area contributed by atoms with Crippen LogP contribution in [0.5, 0.6) is 5.75 Å². The summed E-state index contributed by atoms with van der Waals surface area (Å²) in [7, 11) is 1.96. The molecule has 0 spiro atoms. The number of benzene rings is 1. The van der Waals surface area contributed by atoms with Crippen molar-refractivity contribution in [3.63, 3.8) is 0 Å². The molecule has 1 saturated heterocycles. The van der Waals surface area contributed by atoms with E-state index in [9.17, 15) is 5.11 Å². The van der Waals surface area contributed by atoms with Gasteiger partial charge in [0.1, 0.15) is 18.5 Å². The molecule has 0 unspecified atom stereocenters. The number of β-amino-alcohol motifs (C(OH)–C–C–N with tert-alkyl or cyclic N) is 1. The third kappa shape index (κ3) is 4.58. The Morgan fingerprint density at radius 3 is 2.58 bits per heavy atom. The lowest BCUT2D eigenvalue weighted by molar-refractivity contribution is 0.0594. The minimum atomic E-state index is -0.457. The summed E-state index contributed by atoms with van der Waals surface area (Å²) in [4.78, 5) is 2.33. The molecule has 1 aliphatic rings. The normalized spacial score (nSPS) is 17.8. The van der Waals surface area contributed by atoms with Gasteiger partial charge in [-0.15, -0.1) is 0 Å². The lowest BCUT2D eigenvalue weighted by Crippen LogP contribution is -2.40. The van der Waals surface area contributed by atoms with Crippen LogP contribution >= 0.6 is 0 Å². The summed E-state index contributed by atoms with van der Waals surface area (Å²) in [5.41, 5.74) is 2.54. The van der Waals surface area contributed by atoms with Crippen molar-refractivity contribution in [2.75, 3.05) is 26.2 Å². The van der Waals surface area contributed by atoms with E-state index in [0.29, 0.717) is 19.1 Å². The molecule has 1 N–H and O–H groups in total. The van der Waals surface area contributed by atoms with Gasteiger partial charge in [-0.25, -0.2) is 0 Å². The third-order valence-corrected chi connectivity index (χ3v) is 4.72. The monoisotopic (exact) mass is 329 g/mol. The molecule has 0 amide bonds. The molecule has 0 saturated carbocycles. The Labute approximate surface area is 143 Å². The maximum atomic E-state index is 10.2. The van der Waals surface area contributed by atoms with Gasteiger partial charge in [0.25, 0.3) is 0 Å². The van der Waals surface area contributed by atoms with E-state index in [-0.39, 0.29) is 0 Å². The molecule has 5 heteroatoms. The smallest absolute Gasteiger partial charge is 0.119 e. The van der Waals surface area contributed by atoms with Gasteiger partial charge in [0, 0.05) is 19.8 Å². The summed E-state index contributed by atoms with van der Waals surface area (Å²) in [5.74, 6) is 1.41. The molecule has 1 atom stereocenters. The summed E-state index contributed by atoms with van der Waals surface area (Å²) in [6, 6.07) is 7.93. The van der Waals surface area contributed by atoms with Crippen LogP contribution in [-0.2, 0) is 7.05 Å². The van der Waals surface area contributed by atoms with Gasteiger partial charge in [-0.1, -0.05) is 17.7 Å². The molecule has 130 valence electrons. The largest absolute Gasteiger partial charge is 0.491 e.